The molecular formula is C8H9IN2OS. The number of amides is 1. The van der Waals surface area contributed by atoms with Crippen LogP contribution in [0.1, 0.15) is 0 Å². The number of nitrogens with one attached hydrogen (secondary N) is 1. The van der Waals surface area contributed by atoms with Crippen molar-refractivity contribution in [2.45, 2.75) is 0 Å². The largest absolute Gasteiger partial charge is 0.309 e. The minimum absolute atomic E-state index is 0.0101. The molecule has 5 heteroatoms. The minimum atomic E-state index is -0.0101. The third-order valence-electron chi connectivity index (χ3n) is 1.29. The molecular weight excluding hydrogens is 299 g/mol. The van der Waals surface area contributed by atoms with Crippen molar-refractivity contribution in [1.29, 1.82) is 0 Å². The van der Waals surface area contributed by atoms with Crippen molar-refractivity contribution in [3.63, 3.8) is 0 Å². The Balaban J connectivity index is 2.63. The Morgan fingerprint density at radius 2 is 2.54 bits per heavy atom. The highest BCUT2D eigenvalue weighted by Gasteiger charge is 2.04. The van der Waals surface area contributed by atoms with Crippen LogP contribution in [0.25, 0.3) is 0 Å². The zero-order chi connectivity index (χ0) is 9.68. The Morgan fingerprint density at radius 1 is 1.77 bits per heavy atom. The van der Waals surface area contributed by atoms with Gasteiger partial charge in [-0.05, 0) is 41.0 Å². The number of carbonyl (C=O) groups is 1. The number of anilines is 1. The Labute approximate surface area is 94.8 Å². The predicted molar refractivity (Wildman–Crippen MR) is 64.0 cm³/mol. The molecule has 1 rings (SSSR count). The van der Waals surface area contributed by atoms with Gasteiger partial charge in [-0.25, -0.2) is 4.98 Å². The molecule has 1 aromatic rings. The Morgan fingerprint density at radius 3 is 3.15 bits per heavy atom. The fraction of sp³-hybridized carbons (Fsp3) is 0.250. The van der Waals surface area contributed by atoms with Crippen molar-refractivity contribution in [2.75, 3.05) is 17.3 Å². The molecule has 0 aromatic carbocycles. The van der Waals surface area contributed by atoms with Crippen LogP contribution < -0.4 is 5.32 Å². The van der Waals surface area contributed by atoms with Crippen molar-refractivity contribution < 1.29 is 4.79 Å². The van der Waals surface area contributed by atoms with Gasteiger partial charge in [0.1, 0.15) is 5.82 Å². The van der Waals surface area contributed by atoms with Gasteiger partial charge in [0.15, 0.2) is 0 Å². The van der Waals surface area contributed by atoms with Crippen molar-refractivity contribution in [3.8, 4) is 0 Å². The molecule has 1 heterocycles. The van der Waals surface area contributed by atoms with Crippen molar-refractivity contribution in [1.82, 2.24) is 4.98 Å². The Hall–Kier alpha value is -0.300. The lowest BCUT2D eigenvalue weighted by atomic mass is 10.4. The minimum Gasteiger partial charge on any atom is -0.309 e. The molecule has 0 aliphatic carbocycles. The van der Waals surface area contributed by atoms with E-state index >= 15 is 0 Å². The Kier molecular flexibility index (Phi) is 4.51. The number of carbonyl (C=O) groups excluding carboxylic acids is 1. The third-order valence-corrected chi connectivity index (χ3v) is 2.71. The molecule has 1 aromatic heterocycles. The van der Waals surface area contributed by atoms with Crippen LogP contribution in [0.15, 0.2) is 18.3 Å². The maximum atomic E-state index is 11.2. The van der Waals surface area contributed by atoms with Crippen molar-refractivity contribution in [3.05, 3.63) is 21.9 Å². The van der Waals surface area contributed by atoms with Crippen LogP contribution in [0.3, 0.4) is 0 Å². The summed E-state index contributed by atoms with van der Waals surface area (Å²) in [6, 6.07) is 3.74. The van der Waals surface area contributed by atoms with E-state index in [4.69, 9.17) is 0 Å². The third kappa shape index (κ3) is 3.51. The number of hydrogen-bond donors (Lipinski definition) is 1. The summed E-state index contributed by atoms with van der Waals surface area (Å²) in [4.78, 5) is 15.2. The fourth-order valence-electron chi connectivity index (χ4n) is 0.777. The molecule has 0 saturated carbocycles. The lowest BCUT2D eigenvalue weighted by molar-refractivity contribution is -0.113. The molecule has 0 radical (unpaired) electrons. The summed E-state index contributed by atoms with van der Waals surface area (Å²) in [5.74, 6) is 1.10. The zero-order valence-electron chi connectivity index (χ0n) is 7.08. The molecule has 0 bridgehead atoms. The van der Waals surface area contributed by atoms with E-state index < -0.39 is 0 Å². The van der Waals surface area contributed by atoms with Crippen molar-refractivity contribution in [2.24, 2.45) is 0 Å². The lowest BCUT2D eigenvalue weighted by Gasteiger charge is -2.04. The highest BCUT2D eigenvalue weighted by atomic mass is 127. The Bertz CT molecular complexity index is 306. The van der Waals surface area contributed by atoms with E-state index in [9.17, 15) is 4.79 Å². The fourth-order valence-corrected chi connectivity index (χ4v) is 1.59. The maximum absolute atomic E-state index is 11.2. The quantitative estimate of drug-likeness (QED) is 0.868. The summed E-state index contributed by atoms with van der Waals surface area (Å²) in [7, 11) is 0. The molecule has 0 unspecified atom stereocenters. The van der Waals surface area contributed by atoms with E-state index in [1.54, 1.807) is 6.20 Å². The standard InChI is InChI=1S/C8H9IN2OS/c1-13-5-7(12)11-8-6(9)3-2-4-10-8/h2-4H,5H2,1H3,(H,10,11,12). The molecule has 3 nitrogen and oxygen atoms in total. The number of nitrogens with zero attached hydrogens (tertiary/aromatic N) is 1. The number of halogens is 1. The van der Waals surface area contributed by atoms with E-state index in [1.165, 1.54) is 11.8 Å². The van der Waals surface area contributed by atoms with Crippen LogP contribution in [-0.4, -0.2) is 22.9 Å². The molecule has 0 fully saturated rings. The van der Waals surface area contributed by atoms with Gasteiger partial charge in [0.2, 0.25) is 5.91 Å². The number of hydrogen-bond acceptors (Lipinski definition) is 3. The van der Waals surface area contributed by atoms with Gasteiger partial charge in [0.25, 0.3) is 0 Å². The van der Waals surface area contributed by atoms with Gasteiger partial charge in [0, 0.05) is 6.20 Å². The van der Waals surface area contributed by atoms with Crippen LogP contribution in [-0.2, 0) is 4.79 Å². The van der Waals surface area contributed by atoms with Crippen LogP contribution in [0.4, 0.5) is 5.82 Å². The number of aromatic nitrogens is 1. The first-order valence-corrected chi connectivity index (χ1v) is 6.10. The van der Waals surface area contributed by atoms with E-state index in [1.807, 2.05) is 18.4 Å². The van der Waals surface area contributed by atoms with Gasteiger partial charge in [-0.2, -0.15) is 11.8 Å². The van der Waals surface area contributed by atoms with Gasteiger partial charge < -0.3 is 5.32 Å². The highest BCUT2D eigenvalue weighted by Crippen LogP contribution is 2.13. The maximum Gasteiger partial charge on any atom is 0.235 e. The second-order valence-corrected chi connectivity index (χ2v) is 4.34. The molecule has 70 valence electrons. The number of thioether (sulfide) groups is 1. The van der Waals surface area contributed by atoms with E-state index in [2.05, 4.69) is 32.9 Å². The summed E-state index contributed by atoms with van der Waals surface area (Å²) in [6.45, 7) is 0. The number of pyridine rings is 1. The first-order chi connectivity index (χ1) is 6.24. The normalized spacial score (nSPS) is 9.69. The molecule has 1 amide bonds. The average molecular weight is 308 g/mol. The second kappa shape index (κ2) is 5.43. The van der Waals surface area contributed by atoms with Crippen LogP contribution in [0.5, 0.6) is 0 Å². The molecule has 0 saturated heterocycles. The summed E-state index contributed by atoms with van der Waals surface area (Å²) >= 11 is 3.63. The average Bonchev–Trinajstić information content (AvgIpc) is 2.09. The number of rotatable bonds is 3. The predicted octanol–water partition coefficient (Wildman–Crippen LogP) is 1.99. The van der Waals surface area contributed by atoms with Crippen LogP contribution >= 0.6 is 34.4 Å². The second-order valence-electron chi connectivity index (χ2n) is 2.32. The molecule has 13 heavy (non-hydrogen) atoms. The van der Waals surface area contributed by atoms with E-state index in [0.29, 0.717) is 11.6 Å². The summed E-state index contributed by atoms with van der Waals surface area (Å²) in [6.07, 6.45) is 3.56. The summed E-state index contributed by atoms with van der Waals surface area (Å²) < 4.78 is 0.953. The topological polar surface area (TPSA) is 42.0 Å². The molecule has 1 N–H and O–H groups in total. The lowest BCUT2D eigenvalue weighted by Crippen LogP contribution is -2.15. The van der Waals surface area contributed by atoms with Gasteiger partial charge >= 0.3 is 0 Å². The molecule has 0 aliphatic heterocycles. The van der Waals surface area contributed by atoms with E-state index in [-0.39, 0.29) is 5.91 Å². The first-order valence-electron chi connectivity index (χ1n) is 3.63. The molecule has 0 atom stereocenters. The van der Waals surface area contributed by atoms with Gasteiger partial charge in [-0.15, -0.1) is 0 Å². The monoisotopic (exact) mass is 308 g/mol. The SMILES string of the molecule is CSCC(=O)Nc1ncccc1I. The van der Waals surface area contributed by atoms with Gasteiger partial charge in [-0.1, -0.05) is 0 Å². The smallest absolute Gasteiger partial charge is 0.235 e. The molecule has 0 spiro atoms. The van der Waals surface area contributed by atoms with Gasteiger partial charge in [-0.3, -0.25) is 4.79 Å². The highest BCUT2D eigenvalue weighted by molar-refractivity contribution is 14.1. The first kappa shape index (κ1) is 10.8. The zero-order valence-corrected chi connectivity index (χ0v) is 10.1. The van der Waals surface area contributed by atoms with E-state index in [0.717, 1.165) is 3.57 Å². The van der Waals surface area contributed by atoms with Gasteiger partial charge in [0.05, 0.1) is 9.32 Å². The summed E-state index contributed by atoms with van der Waals surface area (Å²) in [5.41, 5.74) is 0. The molecule has 0 aliphatic rings. The summed E-state index contributed by atoms with van der Waals surface area (Å²) in [5, 5.41) is 2.73. The van der Waals surface area contributed by atoms with Crippen LogP contribution in [0, 0.1) is 3.57 Å². The van der Waals surface area contributed by atoms with Crippen molar-refractivity contribution >= 4 is 46.1 Å². The van der Waals surface area contributed by atoms with Crippen LogP contribution in [0.2, 0.25) is 0 Å².